The van der Waals surface area contributed by atoms with Crippen molar-refractivity contribution in [2.24, 2.45) is 4.36 Å². The highest BCUT2D eigenvalue weighted by atomic mass is 32.2. The number of amides is 3. The number of ether oxygens (including phenoxy) is 2. The maximum Gasteiger partial charge on any atom is 0.411 e. The van der Waals surface area contributed by atoms with Gasteiger partial charge in [-0.15, -0.1) is 11.3 Å². The predicted molar refractivity (Wildman–Crippen MR) is 162 cm³/mol. The number of benzene rings is 1. The van der Waals surface area contributed by atoms with E-state index in [2.05, 4.69) is 21.6 Å². The fraction of sp³-hybridized carbons (Fsp3) is 0.517. The number of carbonyl (C=O) groups is 3. The molecule has 1 fully saturated rings. The Hall–Kier alpha value is -3.25. The summed E-state index contributed by atoms with van der Waals surface area (Å²) in [5.41, 5.74) is 0.998. The number of nitrogens with zero attached hydrogens (tertiary/aromatic N) is 2. The molecule has 0 saturated heterocycles. The van der Waals surface area contributed by atoms with E-state index in [1.807, 2.05) is 13.8 Å². The molecule has 1 heterocycles. The van der Waals surface area contributed by atoms with Gasteiger partial charge in [0.2, 0.25) is 0 Å². The molecule has 1 aromatic heterocycles. The fourth-order valence-corrected chi connectivity index (χ4v) is 7.63. The molecule has 12 heteroatoms. The van der Waals surface area contributed by atoms with Crippen LogP contribution in [0.15, 0.2) is 46.3 Å². The number of thiazole rings is 1. The van der Waals surface area contributed by atoms with Gasteiger partial charge in [0.15, 0.2) is 0 Å². The van der Waals surface area contributed by atoms with Gasteiger partial charge in [-0.3, -0.25) is 10.1 Å². The number of rotatable bonds is 9. The van der Waals surface area contributed by atoms with Crippen LogP contribution < -0.4 is 10.6 Å². The summed E-state index contributed by atoms with van der Waals surface area (Å²) in [5, 5.41) is 6.05. The van der Waals surface area contributed by atoms with Crippen molar-refractivity contribution < 1.29 is 28.1 Å². The van der Waals surface area contributed by atoms with Crippen LogP contribution >= 0.6 is 11.3 Å². The maximum absolute atomic E-state index is 14.3. The molecule has 41 heavy (non-hydrogen) atoms. The van der Waals surface area contributed by atoms with Gasteiger partial charge in [-0.1, -0.05) is 12.6 Å². The molecule has 10 nitrogen and oxygen atoms in total. The van der Waals surface area contributed by atoms with E-state index in [4.69, 9.17) is 14.5 Å². The first-order valence-electron chi connectivity index (χ1n) is 13.8. The fourth-order valence-electron chi connectivity index (χ4n) is 4.49. The molecule has 224 valence electrons. The van der Waals surface area contributed by atoms with Gasteiger partial charge in [-0.05, 0) is 85.4 Å². The van der Waals surface area contributed by atoms with E-state index < -0.39 is 33.1 Å². The van der Waals surface area contributed by atoms with Crippen molar-refractivity contribution in [1.29, 1.82) is 0 Å². The van der Waals surface area contributed by atoms with E-state index in [9.17, 15) is 18.6 Å². The summed E-state index contributed by atoms with van der Waals surface area (Å²) < 4.78 is 28.8. The van der Waals surface area contributed by atoms with E-state index in [1.54, 1.807) is 52.1 Å². The molecular formula is C29H40N4O6S2. The number of hydrogen-bond acceptors (Lipinski definition) is 8. The number of anilines is 1. The summed E-state index contributed by atoms with van der Waals surface area (Å²) in [6, 6.07) is 5.11. The van der Waals surface area contributed by atoms with Crippen LogP contribution in [0.5, 0.6) is 0 Å². The van der Waals surface area contributed by atoms with E-state index in [0.717, 1.165) is 41.6 Å². The molecular weight excluding hydrogens is 564 g/mol. The van der Waals surface area contributed by atoms with Crippen LogP contribution in [0.25, 0.3) is 10.4 Å². The predicted octanol–water partition coefficient (Wildman–Crippen LogP) is 6.88. The molecule has 0 radical (unpaired) electrons. The third-order valence-corrected chi connectivity index (χ3v) is 10.3. The lowest BCUT2D eigenvalue weighted by Gasteiger charge is -2.28. The van der Waals surface area contributed by atoms with Crippen LogP contribution in [-0.2, 0) is 24.0 Å². The Morgan fingerprint density at radius 1 is 1.05 bits per heavy atom. The second kappa shape index (κ2) is 14.1. The molecule has 3 amide bonds. The summed E-state index contributed by atoms with van der Waals surface area (Å²) in [6.45, 7) is 14.1. The first-order valence-corrected chi connectivity index (χ1v) is 16.2. The molecule has 0 bridgehead atoms. The first-order chi connectivity index (χ1) is 19.3. The maximum atomic E-state index is 14.3. The van der Waals surface area contributed by atoms with Crippen LogP contribution in [0.3, 0.4) is 0 Å². The Morgan fingerprint density at radius 2 is 1.68 bits per heavy atom. The number of alkyl carbamates (subject to hydrolysis) is 1. The molecule has 1 unspecified atom stereocenters. The molecule has 2 N–H and O–H groups in total. The molecule has 1 aliphatic carbocycles. The van der Waals surface area contributed by atoms with Crippen molar-refractivity contribution in [3.63, 3.8) is 0 Å². The largest absolute Gasteiger partial charge is 0.447 e. The zero-order valence-electron chi connectivity index (χ0n) is 24.5. The monoisotopic (exact) mass is 604 g/mol. The smallest absolute Gasteiger partial charge is 0.411 e. The summed E-state index contributed by atoms with van der Waals surface area (Å²) in [6.07, 6.45) is 4.61. The van der Waals surface area contributed by atoms with Crippen molar-refractivity contribution in [2.75, 3.05) is 5.32 Å². The van der Waals surface area contributed by atoms with Crippen LogP contribution in [0.2, 0.25) is 0 Å². The SMILES string of the molecule is C=CC(=O)N=S(=O)(c1cc(NC(=O)OC(C)C)ccc1-c1cnc([C@H]2CC[C@H](NC(=O)OC(C)C)CC2)s1)C(C)C. The minimum absolute atomic E-state index is 0.0608. The summed E-state index contributed by atoms with van der Waals surface area (Å²) >= 11 is 1.50. The molecule has 1 atom stereocenters. The van der Waals surface area contributed by atoms with E-state index >= 15 is 0 Å². The van der Waals surface area contributed by atoms with E-state index in [1.165, 1.54) is 11.3 Å². The molecule has 1 aromatic carbocycles. The van der Waals surface area contributed by atoms with Gasteiger partial charge in [-0.25, -0.2) is 18.8 Å². The lowest BCUT2D eigenvalue weighted by molar-refractivity contribution is -0.113. The summed E-state index contributed by atoms with van der Waals surface area (Å²) in [7, 11) is -3.26. The van der Waals surface area contributed by atoms with Gasteiger partial charge < -0.3 is 14.8 Å². The third-order valence-electron chi connectivity index (χ3n) is 6.46. The van der Waals surface area contributed by atoms with E-state index in [-0.39, 0.29) is 24.2 Å². The average molecular weight is 605 g/mol. The number of nitrogens with one attached hydrogen (secondary N) is 2. The van der Waals surface area contributed by atoms with Crippen LogP contribution in [0.1, 0.15) is 78.2 Å². The highest BCUT2D eigenvalue weighted by Crippen LogP contribution is 2.41. The molecule has 3 rings (SSSR count). The highest BCUT2D eigenvalue weighted by molar-refractivity contribution is 7.94. The lowest BCUT2D eigenvalue weighted by atomic mass is 9.86. The van der Waals surface area contributed by atoms with Crippen molar-refractivity contribution in [3.05, 3.63) is 42.1 Å². The van der Waals surface area contributed by atoms with Gasteiger partial charge in [0.1, 0.15) is 0 Å². The van der Waals surface area contributed by atoms with Gasteiger partial charge in [0, 0.05) is 34.7 Å². The molecule has 0 spiro atoms. The topological polar surface area (TPSA) is 136 Å². The Kier molecular flexibility index (Phi) is 11.1. The van der Waals surface area contributed by atoms with Crippen molar-refractivity contribution in [2.45, 2.75) is 102 Å². The Labute approximate surface area is 246 Å². The molecule has 1 aliphatic rings. The van der Waals surface area contributed by atoms with Crippen molar-refractivity contribution in [3.8, 4) is 10.4 Å². The minimum atomic E-state index is -3.26. The van der Waals surface area contributed by atoms with Crippen molar-refractivity contribution in [1.82, 2.24) is 10.3 Å². The van der Waals surface area contributed by atoms with Gasteiger partial charge in [-0.2, -0.15) is 4.36 Å². The van der Waals surface area contributed by atoms with Crippen molar-refractivity contribution >= 4 is 44.8 Å². The van der Waals surface area contributed by atoms with Gasteiger partial charge in [0.25, 0.3) is 5.91 Å². The minimum Gasteiger partial charge on any atom is -0.447 e. The lowest BCUT2D eigenvalue weighted by Crippen LogP contribution is -2.38. The molecule has 1 saturated carbocycles. The summed E-state index contributed by atoms with van der Waals surface area (Å²) in [5.74, 6) is -0.454. The molecule has 2 aromatic rings. The van der Waals surface area contributed by atoms with Gasteiger partial charge >= 0.3 is 12.2 Å². The second-order valence-corrected chi connectivity index (χ2v) is 14.5. The third kappa shape index (κ3) is 8.62. The Morgan fingerprint density at radius 3 is 2.27 bits per heavy atom. The number of hydrogen-bond donors (Lipinski definition) is 2. The summed E-state index contributed by atoms with van der Waals surface area (Å²) in [4.78, 5) is 42.4. The highest BCUT2D eigenvalue weighted by Gasteiger charge is 2.28. The Bertz CT molecular complexity index is 1380. The first kappa shape index (κ1) is 32.3. The molecule has 0 aliphatic heterocycles. The van der Waals surface area contributed by atoms with Crippen LogP contribution in [-0.4, -0.2) is 50.8 Å². The normalized spacial score (nSPS) is 18.5. The van der Waals surface area contributed by atoms with E-state index in [0.29, 0.717) is 16.1 Å². The van der Waals surface area contributed by atoms with Gasteiger partial charge in [0.05, 0.1) is 36.7 Å². The number of carbonyl (C=O) groups excluding carboxylic acids is 3. The average Bonchev–Trinajstić information content (AvgIpc) is 3.38. The van der Waals surface area contributed by atoms with Crippen LogP contribution in [0, 0.1) is 0 Å². The zero-order chi connectivity index (χ0) is 30.3. The standard InChI is InChI=1S/C29H40N4O6S2/c1-8-26(34)33-41(37,19(6)7)25-15-22(32-29(36)39-18(4)5)13-14-23(25)24-16-30-27(40-24)20-9-11-21(12-10-20)31-28(35)38-17(2)3/h8,13-21H,1,9-12H2,2-7H3,(H,31,35)(H,32,36)/t20-,21-,41?. The zero-order valence-corrected chi connectivity index (χ0v) is 26.1. The number of aromatic nitrogens is 1. The Balaban J connectivity index is 1.92. The quantitative estimate of drug-likeness (QED) is 0.298. The van der Waals surface area contributed by atoms with Crippen LogP contribution in [0.4, 0.5) is 15.3 Å². The second-order valence-electron chi connectivity index (χ2n) is 10.8.